The summed E-state index contributed by atoms with van der Waals surface area (Å²) >= 11 is -0.785. The zero-order valence-electron chi connectivity index (χ0n) is 12.3. The van der Waals surface area contributed by atoms with E-state index in [1.54, 1.807) is 0 Å². The molecule has 0 saturated carbocycles. The van der Waals surface area contributed by atoms with Crippen LogP contribution in [-0.4, -0.2) is 48.3 Å². The van der Waals surface area contributed by atoms with Gasteiger partial charge in [0.2, 0.25) is 0 Å². The Morgan fingerprint density at radius 3 is 2.50 bits per heavy atom. The van der Waals surface area contributed by atoms with Crippen LogP contribution in [-0.2, 0) is 11.2 Å². The molecule has 1 aromatic rings. The predicted octanol–water partition coefficient (Wildman–Crippen LogP) is 1.66. The van der Waals surface area contributed by atoms with Crippen molar-refractivity contribution in [1.82, 2.24) is 5.32 Å². The maximum absolute atomic E-state index is 14.0. The number of hydrogen-bond donors (Lipinski definition) is 1. The summed E-state index contributed by atoms with van der Waals surface area (Å²) in [6.45, 7) is 2.93. The SMILES string of the molecule is [O-][S@+]1CC[C@@H](Oc2cc(N3CCNCC3)c(F)cc2F)CC1. The minimum Gasteiger partial charge on any atom is -0.616 e. The summed E-state index contributed by atoms with van der Waals surface area (Å²) in [6.07, 6.45) is 1.15. The van der Waals surface area contributed by atoms with Gasteiger partial charge in [0, 0.05) is 51.2 Å². The summed E-state index contributed by atoms with van der Waals surface area (Å²) in [5.74, 6) is 0.0168. The molecule has 0 spiro atoms. The van der Waals surface area contributed by atoms with E-state index in [4.69, 9.17) is 4.74 Å². The van der Waals surface area contributed by atoms with Crippen LogP contribution in [0.3, 0.4) is 0 Å². The second kappa shape index (κ2) is 7.02. The molecule has 2 heterocycles. The van der Waals surface area contributed by atoms with Gasteiger partial charge in [0.15, 0.2) is 11.6 Å². The number of benzene rings is 1. The van der Waals surface area contributed by atoms with Crippen molar-refractivity contribution >= 4 is 16.9 Å². The van der Waals surface area contributed by atoms with Gasteiger partial charge in [-0.15, -0.1) is 0 Å². The fraction of sp³-hybridized carbons (Fsp3) is 0.600. The third-order valence-corrected chi connectivity index (χ3v) is 5.47. The minimum atomic E-state index is -0.785. The molecule has 0 aliphatic carbocycles. The number of piperazine rings is 1. The average Bonchev–Trinajstić information content (AvgIpc) is 2.53. The zero-order valence-corrected chi connectivity index (χ0v) is 13.1. The average molecular weight is 330 g/mol. The molecule has 22 heavy (non-hydrogen) atoms. The molecule has 0 aromatic heterocycles. The third-order valence-electron chi connectivity index (χ3n) is 4.09. The zero-order chi connectivity index (χ0) is 15.5. The lowest BCUT2D eigenvalue weighted by molar-refractivity contribution is 0.181. The lowest BCUT2D eigenvalue weighted by Gasteiger charge is -2.30. The van der Waals surface area contributed by atoms with Crippen LogP contribution in [0.1, 0.15) is 12.8 Å². The van der Waals surface area contributed by atoms with E-state index in [-0.39, 0.29) is 11.9 Å². The molecule has 2 fully saturated rings. The second-order valence-corrected chi connectivity index (χ2v) is 7.33. The lowest BCUT2D eigenvalue weighted by atomic mass is 10.2. The summed E-state index contributed by atoms with van der Waals surface area (Å²) in [4.78, 5) is 1.90. The van der Waals surface area contributed by atoms with E-state index in [2.05, 4.69) is 5.32 Å². The topological polar surface area (TPSA) is 47.6 Å². The fourth-order valence-electron chi connectivity index (χ4n) is 2.83. The summed E-state index contributed by atoms with van der Waals surface area (Å²) < 4.78 is 45.1. The number of ether oxygens (including phenoxy) is 1. The van der Waals surface area contributed by atoms with Gasteiger partial charge in [-0.25, -0.2) is 8.78 Å². The summed E-state index contributed by atoms with van der Waals surface area (Å²) in [7, 11) is 0. The van der Waals surface area contributed by atoms with Crippen LogP contribution >= 0.6 is 0 Å². The molecule has 0 bridgehead atoms. The van der Waals surface area contributed by atoms with Crippen molar-refractivity contribution in [3.8, 4) is 5.75 Å². The molecular formula is C15H20F2N2O2S. The smallest absolute Gasteiger partial charge is 0.168 e. The van der Waals surface area contributed by atoms with Crippen LogP contribution in [0.25, 0.3) is 0 Å². The number of anilines is 1. The third kappa shape index (κ3) is 3.64. The van der Waals surface area contributed by atoms with Gasteiger partial charge in [-0.3, -0.25) is 0 Å². The highest BCUT2D eigenvalue weighted by molar-refractivity contribution is 7.91. The number of halogens is 2. The van der Waals surface area contributed by atoms with Gasteiger partial charge in [-0.05, 0) is 0 Å². The molecule has 2 saturated heterocycles. The molecule has 2 aliphatic heterocycles. The summed E-state index contributed by atoms with van der Waals surface area (Å²) in [5, 5.41) is 3.20. The van der Waals surface area contributed by atoms with E-state index < -0.39 is 22.8 Å². The first-order valence-corrected chi connectivity index (χ1v) is 9.08. The summed E-state index contributed by atoms with van der Waals surface area (Å²) in [5.41, 5.74) is 0.386. The van der Waals surface area contributed by atoms with Gasteiger partial charge < -0.3 is 19.5 Å². The van der Waals surface area contributed by atoms with E-state index in [0.29, 0.717) is 43.1 Å². The van der Waals surface area contributed by atoms with E-state index in [0.717, 1.165) is 19.2 Å². The molecule has 0 unspecified atom stereocenters. The molecule has 0 radical (unpaired) electrons. The van der Waals surface area contributed by atoms with Crippen LogP contribution < -0.4 is 15.0 Å². The van der Waals surface area contributed by atoms with Crippen LogP contribution in [0.4, 0.5) is 14.5 Å². The van der Waals surface area contributed by atoms with Gasteiger partial charge >= 0.3 is 0 Å². The molecule has 2 aliphatic rings. The molecule has 1 N–H and O–H groups in total. The van der Waals surface area contributed by atoms with E-state index in [9.17, 15) is 13.3 Å². The largest absolute Gasteiger partial charge is 0.616 e. The molecule has 0 atom stereocenters. The van der Waals surface area contributed by atoms with E-state index >= 15 is 0 Å². The van der Waals surface area contributed by atoms with Crippen molar-refractivity contribution in [3.05, 3.63) is 23.8 Å². The molecule has 3 rings (SSSR count). The Balaban J connectivity index is 1.75. The van der Waals surface area contributed by atoms with Crippen molar-refractivity contribution in [3.63, 3.8) is 0 Å². The van der Waals surface area contributed by atoms with E-state index in [1.807, 2.05) is 4.90 Å². The van der Waals surface area contributed by atoms with Crippen LogP contribution in [0.5, 0.6) is 5.75 Å². The first-order chi connectivity index (χ1) is 10.6. The second-order valence-electron chi connectivity index (χ2n) is 5.64. The Labute approximate surface area is 132 Å². The standard InChI is InChI=1S/C15H20F2N2O2S/c16-12-9-13(17)15(21-11-1-7-22(20)8-2-11)10-14(12)19-5-3-18-4-6-19/h9-11,18H,1-8H2/t11-,22-. The van der Waals surface area contributed by atoms with Gasteiger partial charge in [0.1, 0.15) is 23.4 Å². The highest BCUT2D eigenvalue weighted by atomic mass is 32.2. The monoisotopic (exact) mass is 330 g/mol. The number of rotatable bonds is 3. The van der Waals surface area contributed by atoms with Gasteiger partial charge in [-0.2, -0.15) is 0 Å². The van der Waals surface area contributed by atoms with Crippen molar-refractivity contribution in [2.24, 2.45) is 0 Å². The number of nitrogens with one attached hydrogen (secondary N) is 1. The van der Waals surface area contributed by atoms with Crippen LogP contribution in [0.2, 0.25) is 0 Å². The fourth-order valence-corrected chi connectivity index (χ4v) is 4.08. The molecule has 4 nitrogen and oxygen atoms in total. The normalized spacial score (nSPS) is 26.0. The highest BCUT2D eigenvalue weighted by Crippen LogP contribution is 2.30. The first-order valence-electron chi connectivity index (χ1n) is 7.60. The Bertz CT molecular complexity index is 519. The van der Waals surface area contributed by atoms with Gasteiger partial charge in [0.05, 0.1) is 5.69 Å². The van der Waals surface area contributed by atoms with Crippen molar-refractivity contribution < 1.29 is 18.1 Å². The Morgan fingerprint density at radius 1 is 1.14 bits per heavy atom. The Kier molecular flexibility index (Phi) is 5.05. The van der Waals surface area contributed by atoms with Crippen molar-refractivity contribution in [1.29, 1.82) is 0 Å². The lowest BCUT2D eigenvalue weighted by Crippen LogP contribution is -2.43. The van der Waals surface area contributed by atoms with E-state index in [1.165, 1.54) is 6.07 Å². The maximum atomic E-state index is 14.0. The maximum Gasteiger partial charge on any atom is 0.168 e. The van der Waals surface area contributed by atoms with Gasteiger partial charge in [0.25, 0.3) is 0 Å². The highest BCUT2D eigenvalue weighted by Gasteiger charge is 2.25. The molecule has 0 amide bonds. The molecule has 1 aromatic carbocycles. The van der Waals surface area contributed by atoms with Crippen LogP contribution in [0.15, 0.2) is 12.1 Å². The minimum absolute atomic E-state index is 0.0904. The Morgan fingerprint density at radius 2 is 1.82 bits per heavy atom. The predicted molar refractivity (Wildman–Crippen MR) is 83.0 cm³/mol. The quantitative estimate of drug-likeness (QED) is 0.857. The molecule has 122 valence electrons. The first kappa shape index (κ1) is 15.8. The van der Waals surface area contributed by atoms with Crippen LogP contribution in [0, 0.1) is 11.6 Å². The van der Waals surface area contributed by atoms with Gasteiger partial charge in [-0.1, -0.05) is 11.2 Å². The van der Waals surface area contributed by atoms with Crippen molar-refractivity contribution in [2.75, 3.05) is 42.6 Å². The summed E-state index contributed by atoms with van der Waals surface area (Å²) in [6, 6.07) is 2.36. The molecular weight excluding hydrogens is 310 g/mol. The van der Waals surface area contributed by atoms with Crippen molar-refractivity contribution in [2.45, 2.75) is 18.9 Å². The number of nitrogens with zero attached hydrogens (tertiary/aromatic N) is 1. The number of hydrogen-bond acceptors (Lipinski definition) is 4. The molecule has 7 heteroatoms. The Hall–Kier alpha value is -1.05.